The minimum Gasteiger partial charge on any atom is -0.465 e. The summed E-state index contributed by atoms with van der Waals surface area (Å²) in [6, 6.07) is 7.55. The van der Waals surface area contributed by atoms with Crippen LogP contribution >= 0.6 is 11.3 Å². The molecule has 0 spiro atoms. The first-order valence-corrected chi connectivity index (χ1v) is 10.0. The summed E-state index contributed by atoms with van der Waals surface area (Å²) in [7, 11) is 1.33. The number of rotatable bonds is 6. The number of hydrogen-bond donors (Lipinski definition) is 1. The molecular formula is C21H23NO5S. The molecule has 1 aliphatic rings. The minimum absolute atomic E-state index is 0.105. The maximum Gasteiger partial charge on any atom is 0.341 e. The van der Waals surface area contributed by atoms with E-state index in [1.807, 2.05) is 31.2 Å². The highest BCUT2D eigenvalue weighted by Gasteiger charge is 2.27. The van der Waals surface area contributed by atoms with Crippen molar-refractivity contribution in [3.63, 3.8) is 0 Å². The van der Waals surface area contributed by atoms with E-state index < -0.39 is 24.5 Å². The first-order valence-electron chi connectivity index (χ1n) is 9.21. The molecule has 0 bridgehead atoms. The number of carbonyl (C=O) groups excluding carboxylic acids is 3. The summed E-state index contributed by atoms with van der Waals surface area (Å²) in [6.45, 7) is 1.57. The lowest BCUT2D eigenvalue weighted by atomic mass is 9.95. The lowest BCUT2D eigenvalue weighted by molar-refractivity contribution is -0.146. The monoisotopic (exact) mass is 401 g/mol. The average Bonchev–Trinajstić information content (AvgIpc) is 3.05. The van der Waals surface area contributed by atoms with Gasteiger partial charge in [-0.3, -0.25) is 9.59 Å². The number of esters is 2. The van der Waals surface area contributed by atoms with Crippen molar-refractivity contribution in [1.29, 1.82) is 0 Å². The van der Waals surface area contributed by atoms with E-state index >= 15 is 0 Å². The van der Waals surface area contributed by atoms with E-state index in [2.05, 4.69) is 5.32 Å². The van der Waals surface area contributed by atoms with Crippen LogP contribution in [-0.2, 0) is 38.3 Å². The van der Waals surface area contributed by atoms with Gasteiger partial charge in [-0.05, 0) is 43.7 Å². The molecule has 1 heterocycles. The van der Waals surface area contributed by atoms with Gasteiger partial charge in [0.05, 0.1) is 19.1 Å². The second kappa shape index (κ2) is 9.01. The summed E-state index contributed by atoms with van der Waals surface area (Å²) in [5.41, 5.74) is 3.34. The van der Waals surface area contributed by atoms with Gasteiger partial charge in [0.15, 0.2) is 6.61 Å². The zero-order valence-corrected chi connectivity index (χ0v) is 16.8. The highest BCUT2D eigenvalue weighted by atomic mass is 32.1. The SMILES string of the molecule is COC(=O)c1c(NC(=O)COC(=O)Cc2ccc(C)cc2)sc2c1CCCC2. The van der Waals surface area contributed by atoms with Crippen molar-refractivity contribution in [1.82, 2.24) is 0 Å². The van der Waals surface area contributed by atoms with Gasteiger partial charge in [0.25, 0.3) is 5.91 Å². The Kier molecular flexibility index (Phi) is 6.46. The van der Waals surface area contributed by atoms with Crippen molar-refractivity contribution >= 4 is 34.2 Å². The van der Waals surface area contributed by atoms with E-state index in [9.17, 15) is 14.4 Å². The van der Waals surface area contributed by atoms with Crippen LogP contribution < -0.4 is 5.32 Å². The van der Waals surface area contributed by atoms with Crippen molar-refractivity contribution in [2.75, 3.05) is 19.0 Å². The fourth-order valence-corrected chi connectivity index (χ4v) is 4.50. The van der Waals surface area contributed by atoms with E-state index in [4.69, 9.17) is 9.47 Å². The number of carbonyl (C=O) groups is 3. The van der Waals surface area contributed by atoms with Gasteiger partial charge in [0, 0.05) is 4.88 Å². The Bertz CT molecular complexity index is 885. The molecule has 1 N–H and O–H groups in total. The van der Waals surface area contributed by atoms with Crippen LogP contribution in [0, 0.1) is 6.92 Å². The van der Waals surface area contributed by atoms with Gasteiger partial charge in [-0.1, -0.05) is 29.8 Å². The fraction of sp³-hybridized carbons (Fsp3) is 0.381. The molecule has 0 unspecified atom stereocenters. The van der Waals surface area contributed by atoms with Crippen LogP contribution in [0.1, 0.15) is 44.8 Å². The first kappa shape index (κ1) is 20.1. The molecular weight excluding hydrogens is 378 g/mol. The second-order valence-electron chi connectivity index (χ2n) is 6.78. The normalized spacial score (nSPS) is 12.8. The number of benzene rings is 1. The maximum absolute atomic E-state index is 12.3. The highest BCUT2D eigenvalue weighted by molar-refractivity contribution is 7.17. The van der Waals surface area contributed by atoms with Gasteiger partial charge in [-0.2, -0.15) is 0 Å². The van der Waals surface area contributed by atoms with Gasteiger partial charge < -0.3 is 14.8 Å². The minimum atomic E-state index is -0.474. The molecule has 7 heteroatoms. The Hall–Kier alpha value is -2.67. The van der Waals surface area contributed by atoms with E-state index in [-0.39, 0.29) is 6.42 Å². The topological polar surface area (TPSA) is 81.7 Å². The van der Waals surface area contributed by atoms with Crippen molar-refractivity contribution < 1.29 is 23.9 Å². The molecule has 0 radical (unpaired) electrons. The summed E-state index contributed by atoms with van der Waals surface area (Å²) in [4.78, 5) is 37.5. The summed E-state index contributed by atoms with van der Waals surface area (Å²) in [6.07, 6.45) is 3.88. The summed E-state index contributed by atoms with van der Waals surface area (Å²) < 4.78 is 9.96. The van der Waals surface area contributed by atoms with Crippen LogP contribution in [0.4, 0.5) is 5.00 Å². The lowest BCUT2D eigenvalue weighted by Crippen LogP contribution is -2.22. The third kappa shape index (κ3) is 4.78. The Labute approximate surface area is 167 Å². The predicted octanol–water partition coefficient (Wildman–Crippen LogP) is 3.45. The second-order valence-corrected chi connectivity index (χ2v) is 7.88. The number of amides is 1. The maximum atomic E-state index is 12.3. The summed E-state index contributed by atoms with van der Waals surface area (Å²) in [5, 5.41) is 3.18. The molecule has 0 atom stereocenters. The molecule has 0 aliphatic heterocycles. The predicted molar refractivity (Wildman–Crippen MR) is 107 cm³/mol. The number of methoxy groups -OCH3 is 1. The molecule has 0 saturated heterocycles. The zero-order valence-electron chi connectivity index (χ0n) is 16.0. The number of anilines is 1. The number of ether oxygens (including phenoxy) is 2. The van der Waals surface area contributed by atoms with E-state index in [0.717, 1.165) is 47.3 Å². The van der Waals surface area contributed by atoms with Crippen molar-refractivity contribution in [2.45, 2.75) is 39.0 Å². The third-order valence-electron chi connectivity index (χ3n) is 4.65. The van der Waals surface area contributed by atoms with Gasteiger partial charge in [-0.15, -0.1) is 11.3 Å². The van der Waals surface area contributed by atoms with Crippen molar-refractivity contribution in [2.24, 2.45) is 0 Å². The summed E-state index contributed by atoms with van der Waals surface area (Å²) in [5.74, 6) is -1.40. The van der Waals surface area contributed by atoms with Crippen LogP contribution in [0.2, 0.25) is 0 Å². The van der Waals surface area contributed by atoms with Crippen LogP contribution in [0.15, 0.2) is 24.3 Å². The van der Waals surface area contributed by atoms with Crippen molar-refractivity contribution in [3.8, 4) is 0 Å². The Morgan fingerprint density at radius 1 is 1.11 bits per heavy atom. The number of nitrogens with one attached hydrogen (secondary N) is 1. The smallest absolute Gasteiger partial charge is 0.341 e. The molecule has 2 aromatic rings. The average molecular weight is 401 g/mol. The van der Waals surface area contributed by atoms with Crippen molar-refractivity contribution in [3.05, 3.63) is 51.4 Å². The Morgan fingerprint density at radius 2 is 1.82 bits per heavy atom. The zero-order chi connectivity index (χ0) is 20.1. The molecule has 0 fully saturated rings. The third-order valence-corrected chi connectivity index (χ3v) is 5.85. The van der Waals surface area contributed by atoms with Crippen LogP contribution in [0.5, 0.6) is 0 Å². The first-order chi connectivity index (χ1) is 13.5. The van der Waals surface area contributed by atoms with E-state index in [0.29, 0.717) is 10.6 Å². The number of thiophene rings is 1. The van der Waals surface area contributed by atoms with Crippen LogP contribution in [-0.4, -0.2) is 31.6 Å². The molecule has 0 saturated carbocycles. The number of fused-ring (bicyclic) bond motifs is 1. The number of hydrogen-bond acceptors (Lipinski definition) is 6. The molecule has 1 aromatic heterocycles. The molecule has 3 rings (SSSR count). The largest absolute Gasteiger partial charge is 0.465 e. The molecule has 6 nitrogen and oxygen atoms in total. The van der Waals surface area contributed by atoms with Crippen LogP contribution in [0.25, 0.3) is 0 Å². The standard InChI is InChI=1S/C21H23NO5S/c1-13-7-9-14(10-8-13)11-18(24)27-12-17(23)22-20-19(21(25)26-2)15-5-3-4-6-16(15)28-20/h7-10H,3-6,11-12H2,1-2H3,(H,22,23). The van der Waals surface area contributed by atoms with Gasteiger partial charge in [-0.25, -0.2) is 4.79 Å². The molecule has 1 aliphatic carbocycles. The Morgan fingerprint density at radius 3 is 2.54 bits per heavy atom. The van der Waals surface area contributed by atoms with Gasteiger partial charge in [0.2, 0.25) is 0 Å². The summed E-state index contributed by atoms with van der Waals surface area (Å²) >= 11 is 1.40. The highest BCUT2D eigenvalue weighted by Crippen LogP contribution is 2.38. The Balaban J connectivity index is 1.60. The van der Waals surface area contributed by atoms with E-state index in [1.54, 1.807) is 0 Å². The fourth-order valence-electron chi connectivity index (χ4n) is 3.20. The van der Waals surface area contributed by atoms with Gasteiger partial charge >= 0.3 is 11.9 Å². The van der Waals surface area contributed by atoms with Gasteiger partial charge in [0.1, 0.15) is 5.00 Å². The number of aryl methyl sites for hydroxylation is 2. The lowest BCUT2D eigenvalue weighted by Gasteiger charge is -2.11. The molecule has 1 amide bonds. The molecule has 148 valence electrons. The van der Waals surface area contributed by atoms with Crippen LogP contribution in [0.3, 0.4) is 0 Å². The molecule has 28 heavy (non-hydrogen) atoms. The van der Waals surface area contributed by atoms with E-state index in [1.165, 1.54) is 18.4 Å². The quantitative estimate of drug-likeness (QED) is 0.750. The molecule has 1 aromatic carbocycles.